The fourth-order valence-corrected chi connectivity index (χ4v) is 6.25. The number of hydrogen-bond donors (Lipinski definition) is 1. The monoisotopic (exact) mass is 526 g/mol. The molecule has 1 atom stereocenters. The van der Waals surface area contributed by atoms with E-state index in [0.717, 1.165) is 63.8 Å². The Kier molecular flexibility index (Phi) is 8.58. The van der Waals surface area contributed by atoms with Crippen molar-refractivity contribution in [1.82, 2.24) is 10.2 Å². The smallest absolute Gasteiger partial charge is 0.410 e. The molecular weight excluding hydrogens is 480 g/mol. The zero-order chi connectivity index (χ0) is 27.6. The zero-order valence-corrected chi connectivity index (χ0v) is 24.1. The van der Waals surface area contributed by atoms with Crippen molar-refractivity contribution >= 4 is 29.3 Å². The minimum atomic E-state index is -0.505. The fraction of sp³-hybridized carbons (Fsp3) is 0.700. The van der Waals surface area contributed by atoms with E-state index >= 15 is 0 Å². The topological polar surface area (TPSA) is 82.2 Å². The summed E-state index contributed by atoms with van der Waals surface area (Å²) in [6.07, 6.45) is 6.73. The molecule has 0 aromatic heterocycles. The number of imide groups is 1. The molecule has 0 bridgehead atoms. The number of fused-ring (bicyclic) bond motifs is 1. The third-order valence-corrected chi connectivity index (χ3v) is 8.51. The van der Waals surface area contributed by atoms with Crippen molar-refractivity contribution in [3.05, 3.63) is 23.3 Å². The van der Waals surface area contributed by atoms with E-state index in [9.17, 15) is 14.4 Å². The number of carbonyl (C=O) groups excluding carboxylic acids is 3. The Morgan fingerprint density at radius 2 is 1.76 bits per heavy atom. The largest absolute Gasteiger partial charge is 0.444 e. The number of nitrogens with zero attached hydrogens (tertiary/aromatic N) is 3. The molecule has 3 aliphatic heterocycles. The highest BCUT2D eigenvalue weighted by Gasteiger charge is 2.38. The van der Waals surface area contributed by atoms with Crippen LogP contribution >= 0.6 is 0 Å². The molecule has 0 saturated carbocycles. The SMILES string of the molecule is CCC(CC)Cc1ccc2c(c1N1CCC(N(C)C(=O)OC(C)(C)C)CC1)CCN2C1CCC(=O)NC1=O. The highest BCUT2D eigenvalue weighted by atomic mass is 16.6. The van der Waals surface area contributed by atoms with Gasteiger partial charge >= 0.3 is 6.09 Å². The van der Waals surface area contributed by atoms with Crippen molar-refractivity contribution in [2.45, 2.75) is 104 Å². The quantitative estimate of drug-likeness (QED) is 0.520. The van der Waals surface area contributed by atoms with Gasteiger partial charge in [0.15, 0.2) is 0 Å². The van der Waals surface area contributed by atoms with Crippen LogP contribution in [0, 0.1) is 5.92 Å². The number of piperidine rings is 2. The van der Waals surface area contributed by atoms with E-state index in [1.807, 2.05) is 27.8 Å². The lowest BCUT2D eigenvalue weighted by atomic mass is 9.90. The predicted molar refractivity (Wildman–Crippen MR) is 151 cm³/mol. The third kappa shape index (κ3) is 6.10. The lowest BCUT2D eigenvalue weighted by molar-refractivity contribution is -0.134. The molecule has 1 aromatic carbocycles. The summed E-state index contributed by atoms with van der Waals surface area (Å²) >= 11 is 0. The molecule has 0 spiro atoms. The van der Waals surface area contributed by atoms with Crippen LogP contribution in [-0.4, -0.2) is 67.2 Å². The van der Waals surface area contributed by atoms with Gasteiger partial charge in [-0.25, -0.2) is 4.79 Å². The molecule has 8 nitrogen and oxygen atoms in total. The molecule has 1 aromatic rings. The predicted octanol–water partition coefficient (Wildman–Crippen LogP) is 4.67. The van der Waals surface area contributed by atoms with Gasteiger partial charge < -0.3 is 19.4 Å². The van der Waals surface area contributed by atoms with Crippen LogP contribution in [0.3, 0.4) is 0 Å². The normalized spacial score (nSPS) is 20.6. The van der Waals surface area contributed by atoms with Crippen LogP contribution in [0.2, 0.25) is 0 Å². The number of amides is 3. The van der Waals surface area contributed by atoms with Crippen LogP contribution in [0.1, 0.15) is 84.3 Å². The van der Waals surface area contributed by atoms with Gasteiger partial charge in [-0.1, -0.05) is 32.8 Å². The molecule has 3 amide bonds. The Morgan fingerprint density at radius 3 is 2.37 bits per heavy atom. The summed E-state index contributed by atoms with van der Waals surface area (Å²) in [5, 5.41) is 2.53. The zero-order valence-electron chi connectivity index (χ0n) is 24.1. The third-order valence-electron chi connectivity index (χ3n) is 8.51. The lowest BCUT2D eigenvalue weighted by Gasteiger charge is -2.40. The van der Waals surface area contributed by atoms with Gasteiger partial charge in [-0.3, -0.25) is 14.9 Å². The van der Waals surface area contributed by atoms with Crippen LogP contribution in [0.15, 0.2) is 12.1 Å². The molecule has 3 aliphatic rings. The van der Waals surface area contributed by atoms with Crippen molar-refractivity contribution in [3.63, 3.8) is 0 Å². The highest BCUT2D eigenvalue weighted by Crippen LogP contribution is 2.42. The van der Waals surface area contributed by atoms with Gasteiger partial charge in [0.25, 0.3) is 0 Å². The van der Waals surface area contributed by atoms with Crippen LogP contribution in [0.25, 0.3) is 0 Å². The molecule has 0 aliphatic carbocycles. The second kappa shape index (κ2) is 11.5. The van der Waals surface area contributed by atoms with Gasteiger partial charge in [0, 0.05) is 56.1 Å². The molecule has 8 heteroatoms. The summed E-state index contributed by atoms with van der Waals surface area (Å²) in [6, 6.07) is 4.34. The van der Waals surface area contributed by atoms with E-state index in [-0.39, 0.29) is 30.0 Å². The average Bonchev–Trinajstić information content (AvgIpc) is 3.29. The Bertz CT molecular complexity index is 1040. The molecule has 4 rings (SSSR count). The summed E-state index contributed by atoms with van der Waals surface area (Å²) in [4.78, 5) is 43.6. The van der Waals surface area contributed by atoms with Crippen molar-refractivity contribution in [3.8, 4) is 0 Å². The molecular formula is C30H46N4O4. The number of rotatable bonds is 7. The van der Waals surface area contributed by atoms with Crippen molar-refractivity contribution in [2.75, 3.05) is 36.5 Å². The molecule has 2 saturated heterocycles. The lowest BCUT2D eigenvalue weighted by Crippen LogP contribution is -2.52. The van der Waals surface area contributed by atoms with E-state index in [0.29, 0.717) is 18.8 Å². The number of anilines is 2. The van der Waals surface area contributed by atoms with Crippen LogP contribution in [0.4, 0.5) is 16.2 Å². The second-order valence-electron chi connectivity index (χ2n) is 12.2. The van der Waals surface area contributed by atoms with Gasteiger partial charge in [-0.15, -0.1) is 0 Å². The van der Waals surface area contributed by atoms with Gasteiger partial charge in [0.2, 0.25) is 11.8 Å². The van der Waals surface area contributed by atoms with E-state index in [4.69, 9.17) is 4.74 Å². The maximum atomic E-state index is 12.7. The Hall–Kier alpha value is -2.77. The van der Waals surface area contributed by atoms with Crippen LogP contribution in [0.5, 0.6) is 0 Å². The van der Waals surface area contributed by atoms with Crippen LogP contribution in [-0.2, 0) is 27.2 Å². The minimum absolute atomic E-state index is 0.153. The number of carbonyl (C=O) groups is 3. The first kappa shape index (κ1) is 28.2. The summed E-state index contributed by atoms with van der Waals surface area (Å²) < 4.78 is 5.61. The van der Waals surface area contributed by atoms with E-state index in [1.54, 1.807) is 4.90 Å². The Labute approximate surface area is 228 Å². The van der Waals surface area contributed by atoms with Gasteiger partial charge in [-0.05, 0) is 70.4 Å². The standard InChI is InChI=1S/C30H46N4O4/c1-7-20(8-2)19-21-9-10-24-23(15-18-34(24)25-11-12-26(35)31-28(25)36)27(21)33-16-13-22(14-17-33)32(6)29(37)38-30(3,4)5/h9-10,20,22,25H,7-8,11-19H2,1-6H3,(H,31,35,36). The molecule has 38 heavy (non-hydrogen) atoms. The number of nitrogens with one attached hydrogen (secondary N) is 1. The maximum absolute atomic E-state index is 12.7. The first-order valence-electron chi connectivity index (χ1n) is 14.5. The van der Waals surface area contributed by atoms with E-state index in [1.165, 1.54) is 16.8 Å². The minimum Gasteiger partial charge on any atom is -0.444 e. The first-order chi connectivity index (χ1) is 18.0. The van der Waals surface area contributed by atoms with Crippen molar-refractivity contribution < 1.29 is 19.1 Å². The summed E-state index contributed by atoms with van der Waals surface area (Å²) in [7, 11) is 1.85. The first-order valence-corrected chi connectivity index (χ1v) is 14.5. The van der Waals surface area contributed by atoms with Crippen molar-refractivity contribution in [2.24, 2.45) is 5.92 Å². The molecule has 1 unspecified atom stereocenters. The van der Waals surface area contributed by atoms with E-state index < -0.39 is 5.60 Å². The molecule has 1 N–H and O–H groups in total. The van der Waals surface area contributed by atoms with E-state index in [2.05, 4.69) is 41.1 Å². The van der Waals surface area contributed by atoms with Crippen molar-refractivity contribution in [1.29, 1.82) is 0 Å². The number of benzene rings is 1. The van der Waals surface area contributed by atoms with Gasteiger partial charge in [0.05, 0.1) is 0 Å². The highest BCUT2D eigenvalue weighted by molar-refractivity contribution is 6.02. The summed E-state index contributed by atoms with van der Waals surface area (Å²) in [5.41, 5.74) is 4.69. The maximum Gasteiger partial charge on any atom is 0.410 e. The van der Waals surface area contributed by atoms with Gasteiger partial charge in [-0.2, -0.15) is 0 Å². The number of hydrogen-bond acceptors (Lipinski definition) is 6. The summed E-state index contributed by atoms with van der Waals surface area (Å²) in [5.74, 6) is 0.282. The second-order valence-corrected chi connectivity index (χ2v) is 12.2. The summed E-state index contributed by atoms with van der Waals surface area (Å²) in [6.45, 7) is 12.8. The molecule has 210 valence electrons. The Morgan fingerprint density at radius 1 is 1.08 bits per heavy atom. The molecule has 2 fully saturated rings. The number of ether oxygens (including phenoxy) is 1. The molecule has 3 heterocycles. The average molecular weight is 527 g/mol. The van der Waals surface area contributed by atoms with Crippen LogP contribution < -0.4 is 15.1 Å². The Balaban J connectivity index is 1.57. The van der Waals surface area contributed by atoms with Gasteiger partial charge in [0.1, 0.15) is 11.6 Å². The fourth-order valence-electron chi connectivity index (χ4n) is 6.25. The molecule has 0 radical (unpaired) electrons.